The van der Waals surface area contributed by atoms with Crippen molar-refractivity contribution in [2.45, 2.75) is 57.0 Å². The minimum atomic E-state index is -2.58. The Bertz CT molecular complexity index is 653. The summed E-state index contributed by atoms with van der Waals surface area (Å²) in [5.74, 6) is -2.61. The van der Waals surface area contributed by atoms with Crippen molar-refractivity contribution in [3.8, 4) is 0 Å². The fourth-order valence-electron chi connectivity index (χ4n) is 4.99. The zero-order chi connectivity index (χ0) is 17.7. The van der Waals surface area contributed by atoms with Crippen molar-refractivity contribution in [2.24, 2.45) is 18.4 Å². The number of alkyl halides is 2. The summed E-state index contributed by atoms with van der Waals surface area (Å²) in [5, 5.41) is 2.88. The summed E-state index contributed by atoms with van der Waals surface area (Å²) in [6, 6.07) is -0.341. The van der Waals surface area contributed by atoms with E-state index in [0.29, 0.717) is 0 Å². The van der Waals surface area contributed by atoms with Crippen LogP contribution in [0.15, 0.2) is 12.5 Å². The number of amides is 1. The van der Waals surface area contributed by atoms with E-state index in [1.807, 2.05) is 17.8 Å². The average molecular weight is 352 g/mol. The lowest BCUT2D eigenvalue weighted by Crippen LogP contribution is -2.53. The Labute approximate surface area is 146 Å². The highest BCUT2D eigenvalue weighted by molar-refractivity contribution is 5.80. The largest absolute Gasteiger partial charge is 0.353 e. The number of halogens is 2. The molecule has 0 unspecified atom stereocenters. The van der Waals surface area contributed by atoms with Crippen molar-refractivity contribution >= 4 is 5.91 Å². The third kappa shape index (κ3) is 3.18. The van der Waals surface area contributed by atoms with E-state index >= 15 is 0 Å². The minimum Gasteiger partial charge on any atom is -0.353 e. The number of aryl methyl sites for hydroxylation is 1. The van der Waals surface area contributed by atoms with Crippen LogP contribution in [0.1, 0.15) is 44.2 Å². The zero-order valence-electron chi connectivity index (χ0n) is 14.7. The number of hydrogen-bond acceptors (Lipinski definition) is 3. The molecule has 2 heterocycles. The third-order valence-electron chi connectivity index (χ3n) is 6.43. The number of carbonyl (C=O) groups is 1. The number of nitrogens with zero attached hydrogens (tertiary/aromatic N) is 3. The summed E-state index contributed by atoms with van der Waals surface area (Å²) >= 11 is 0. The minimum absolute atomic E-state index is 0.000355. The highest BCUT2D eigenvalue weighted by atomic mass is 19.3. The summed E-state index contributed by atoms with van der Waals surface area (Å²) in [6.45, 7) is 2.75. The Morgan fingerprint density at radius 1 is 1.40 bits per heavy atom. The molecule has 138 valence electrons. The lowest BCUT2D eigenvalue weighted by Gasteiger charge is -2.38. The third-order valence-corrected chi connectivity index (χ3v) is 6.43. The van der Waals surface area contributed by atoms with Gasteiger partial charge in [0.1, 0.15) is 0 Å². The highest BCUT2D eigenvalue weighted by Crippen LogP contribution is 2.50. The zero-order valence-corrected chi connectivity index (χ0v) is 14.7. The topological polar surface area (TPSA) is 50.2 Å². The molecular formula is C18H26F2N4O. The van der Waals surface area contributed by atoms with Crippen LogP contribution in [0.5, 0.6) is 0 Å². The number of hydrogen-bond donors (Lipinski definition) is 1. The van der Waals surface area contributed by atoms with Gasteiger partial charge < -0.3 is 9.88 Å². The fourth-order valence-corrected chi connectivity index (χ4v) is 4.99. The molecule has 1 spiro atoms. The summed E-state index contributed by atoms with van der Waals surface area (Å²) < 4.78 is 28.0. The molecule has 2 aliphatic carbocycles. The van der Waals surface area contributed by atoms with Gasteiger partial charge >= 0.3 is 0 Å². The number of aromatic nitrogens is 2. The van der Waals surface area contributed by atoms with Crippen molar-refractivity contribution in [2.75, 3.05) is 13.1 Å². The molecule has 1 amide bonds. The maximum Gasteiger partial charge on any atom is 0.252 e. The van der Waals surface area contributed by atoms with Crippen molar-refractivity contribution in [1.29, 1.82) is 0 Å². The van der Waals surface area contributed by atoms with Crippen LogP contribution in [-0.4, -0.2) is 45.4 Å². The molecule has 2 saturated carbocycles. The monoisotopic (exact) mass is 352 g/mol. The standard InChI is InChI=1S/C18H26F2N4O/c1-23-12-21-9-14(23)10-24-6-5-17(11-24)4-2-3-15(17)16(25)22-13-7-18(19,20)8-13/h9,12-13,15H,2-8,10-11H2,1H3,(H,22,25)/t15-,17-/m0/s1. The van der Waals surface area contributed by atoms with E-state index < -0.39 is 5.92 Å². The van der Waals surface area contributed by atoms with Gasteiger partial charge in [-0.05, 0) is 31.2 Å². The molecule has 1 aromatic rings. The molecule has 3 aliphatic rings. The van der Waals surface area contributed by atoms with Gasteiger partial charge in [0.2, 0.25) is 5.91 Å². The van der Waals surface area contributed by atoms with Gasteiger partial charge in [-0.1, -0.05) is 6.42 Å². The normalized spacial score (nSPS) is 32.2. The highest BCUT2D eigenvalue weighted by Gasteiger charge is 2.52. The van der Waals surface area contributed by atoms with Gasteiger partial charge in [0, 0.05) is 51.1 Å². The molecule has 7 heteroatoms. The number of carbonyl (C=O) groups excluding carboxylic acids is 1. The summed E-state index contributed by atoms with van der Waals surface area (Å²) in [4.78, 5) is 19.3. The average Bonchev–Trinajstić information content (AvgIpc) is 3.21. The Morgan fingerprint density at radius 3 is 2.88 bits per heavy atom. The molecule has 25 heavy (non-hydrogen) atoms. The molecule has 2 atom stereocenters. The van der Waals surface area contributed by atoms with Crippen molar-refractivity contribution < 1.29 is 13.6 Å². The van der Waals surface area contributed by atoms with Crippen LogP contribution in [0.4, 0.5) is 8.78 Å². The summed E-state index contributed by atoms with van der Waals surface area (Å²) in [5.41, 5.74) is 1.20. The van der Waals surface area contributed by atoms with Crippen molar-refractivity contribution in [1.82, 2.24) is 19.8 Å². The molecule has 5 nitrogen and oxygen atoms in total. The Hall–Kier alpha value is -1.50. The van der Waals surface area contributed by atoms with E-state index in [1.54, 1.807) is 6.33 Å². The Balaban J connectivity index is 1.37. The molecule has 0 bridgehead atoms. The van der Waals surface area contributed by atoms with Gasteiger partial charge in [-0.3, -0.25) is 9.69 Å². The van der Waals surface area contributed by atoms with E-state index in [1.165, 1.54) is 5.69 Å². The number of imidazole rings is 1. The molecule has 0 radical (unpaired) electrons. The van der Waals surface area contributed by atoms with Crippen molar-refractivity contribution in [3.63, 3.8) is 0 Å². The van der Waals surface area contributed by atoms with Gasteiger partial charge in [-0.2, -0.15) is 0 Å². The lowest BCUT2D eigenvalue weighted by molar-refractivity contribution is -0.135. The first-order valence-electron chi connectivity index (χ1n) is 9.23. The summed E-state index contributed by atoms with van der Waals surface area (Å²) in [6.07, 6.45) is 7.31. The Kier molecular flexibility index (Phi) is 4.09. The molecular weight excluding hydrogens is 326 g/mol. The first kappa shape index (κ1) is 16.9. The molecule has 1 aromatic heterocycles. The number of likely N-dealkylation sites (tertiary alicyclic amines) is 1. The van der Waals surface area contributed by atoms with Gasteiger partial charge in [0.15, 0.2) is 0 Å². The van der Waals surface area contributed by atoms with Crippen LogP contribution in [0.3, 0.4) is 0 Å². The van der Waals surface area contributed by atoms with Crippen LogP contribution in [0.2, 0.25) is 0 Å². The molecule has 4 rings (SSSR count). The number of nitrogens with one attached hydrogen (secondary N) is 1. The maximum atomic E-state index is 13.0. The Morgan fingerprint density at radius 2 is 2.20 bits per heavy atom. The maximum absolute atomic E-state index is 13.0. The second-order valence-corrected chi connectivity index (χ2v) is 8.23. The molecule has 1 saturated heterocycles. The second kappa shape index (κ2) is 6.04. The van der Waals surface area contributed by atoms with Crippen LogP contribution in [0.25, 0.3) is 0 Å². The first-order chi connectivity index (χ1) is 11.9. The predicted octanol–water partition coefficient (Wildman–Crippen LogP) is 2.33. The number of rotatable bonds is 4. The van der Waals surface area contributed by atoms with Crippen molar-refractivity contribution in [3.05, 3.63) is 18.2 Å². The lowest BCUT2D eigenvalue weighted by atomic mass is 9.76. The van der Waals surface area contributed by atoms with Crippen LogP contribution in [-0.2, 0) is 18.4 Å². The quantitative estimate of drug-likeness (QED) is 0.905. The van der Waals surface area contributed by atoms with E-state index in [9.17, 15) is 13.6 Å². The van der Waals surface area contributed by atoms with Gasteiger partial charge in [0.25, 0.3) is 5.92 Å². The van der Waals surface area contributed by atoms with E-state index in [0.717, 1.165) is 45.3 Å². The van der Waals surface area contributed by atoms with Crippen LogP contribution in [0, 0.1) is 11.3 Å². The fraction of sp³-hybridized carbons (Fsp3) is 0.778. The van der Waals surface area contributed by atoms with Gasteiger partial charge in [0.05, 0.1) is 12.0 Å². The van der Waals surface area contributed by atoms with E-state index in [4.69, 9.17) is 0 Å². The SMILES string of the molecule is Cn1cncc1CN1CC[C@@]2(CCC[C@H]2C(=O)NC2CC(F)(F)C2)C1. The van der Waals surface area contributed by atoms with Gasteiger partial charge in [-0.25, -0.2) is 13.8 Å². The molecule has 1 aliphatic heterocycles. The molecule has 3 fully saturated rings. The second-order valence-electron chi connectivity index (χ2n) is 8.23. The van der Waals surface area contributed by atoms with Gasteiger partial charge in [-0.15, -0.1) is 0 Å². The molecule has 1 N–H and O–H groups in total. The molecule has 0 aromatic carbocycles. The first-order valence-corrected chi connectivity index (χ1v) is 9.23. The van der Waals surface area contributed by atoms with E-state index in [2.05, 4.69) is 15.2 Å². The van der Waals surface area contributed by atoms with Crippen LogP contribution < -0.4 is 5.32 Å². The van der Waals surface area contributed by atoms with E-state index in [-0.39, 0.29) is 36.1 Å². The predicted molar refractivity (Wildman–Crippen MR) is 89.0 cm³/mol. The van der Waals surface area contributed by atoms with Crippen LogP contribution >= 0.6 is 0 Å². The smallest absolute Gasteiger partial charge is 0.252 e. The summed E-state index contributed by atoms with van der Waals surface area (Å²) in [7, 11) is 1.99.